The average Bonchev–Trinajstić information content (AvgIpc) is 3.38. The lowest BCUT2D eigenvalue weighted by molar-refractivity contribution is -0.162. The fourth-order valence-electron chi connectivity index (χ4n) is 8.66. The lowest BCUT2D eigenvalue weighted by atomic mass is 9.49. The number of esters is 3. The van der Waals surface area contributed by atoms with Gasteiger partial charge in [-0.05, 0) is 72.7 Å². The molecule has 1 spiro atoms. The number of carbonyl (C=O) groups is 3. The smallest absolute Gasteiger partial charge is 0.303 e. The largest absolute Gasteiger partial charge is 0.466 e. The van der Waals surface area contributed by atoms with Gasteiger partial charge in [0.25, 0.3) is 0 Å². The minimum absolute atomic E-state index is 0.0267. The Bertz CT molecular complexity index is 897. The van der Waals surface area contributed by atoms with Crippen molar-refractivity contribution in [3.05, 3.63) is 12.2 Å². The third-order valence-corrected chi connectivity index (χ3v) is 10.4. The van der Waals surface area contributed by atoms with E-state index < -0.39 is 0 Å². The van der Waals surface area contributed by atoms with Gasteiger partial charge in [-0.15, -0.1) is 0 Å². The normalized spacial score (nSPS) is 45.1. The van der Waals surface area contributed by atoms with E-state index in [1.165, 1.54) is 20.8 Å². The number of carbonyl (C=O) groups excluding carboxylic acids is 3. The quantitative estimate of drug-likeness (QED) is 0.352. The van der Waals surface area contributed by atoms with Crippen LogP contribution in [-0.2, 0) is 28.6 Å². The Morgan fingerprint density at radius 1 is 1.03 bits per heavy atom. The third-order valence-electron chi connectivity index (χ3n) is 10.4. The van der Waals surface area contributed by atoms with Gasteiger partial charge in [0.15, 0.2) is 0 Å². The molecule has 4 fully saturated rings. The Labute approximate surface area is 202 Å². The predicted molar refractivity (Wildman–Crippen MR) is 124 cm³/mol. The van der Waals surface area contributed by atoms with E-state index >= 15 is 0 Å². The van der Waals surface area contributed by atoms with E-state index in [1.807, 2.05) is 0 Å². The van der Waals surface area contributed by atoms with Gasteiger partial charge in [-0.3, -0.25) is 14.4 Å². The summed E-state index contributed by atoms with van der Waals surface area (Å²) in [5.74, 6) is -0.653. The summed E-state index contributed by atoms with van der Waals surface area (Å²) >= 11 is 0. The zero-order valence-corrected chi connectivity index (χ0v) is 21.3. The predicted octanol–water partition coefficient (Wildman–Crippen LogP) is 3.96. The molecule has 4 aliphatic rings. The van der Waals surface area contributed by atoms with Crippen molar-refractivity contribution in [2.45, 2.75) is 91.8 Å². The summed E-state index contributed by atoms with van der Waals surface area (Å²) in [6.45, 7) is 13.5. The fraction of sp³-hybridized carbons (Fsp3) is 0.815. The van der Waals surface area contributed by atoms with Gasteiger partial charge in [0, 0.05) is 38.7 Å². The highest BCUT2D eigenvalue weighted by Gasteiger charge is 2.83. The van der Waals surface area contributed by atoms with Gasteiger partial charge < -0.3 is 19.3 Å². The maximum Gasteiger partial charge on any atom is 0.303 e. The lowest BCUT2D eigenvalue weighted by Gasteiger charge is -2.56. The molecule has 0 aromatic rings. The second-order valence-electron chi connectivity index (χ2n) is 11.8. The highest BCUT2D eigenvalue weighted by atomic mass is 16.5. The second kappa shape index (κ2) is 8.35. The molecular weight excluding hydrogens is 436 g/mol. The number of ether oxygens (including phenoxy) is 3. The second-order valence-corrected chi connectivity index (χ2v) is 11.8. The highest BCUT2D eigenvalue weighted by molar-refractivity contribution is 5.67. The first kappa shape index (κ1) is 25.2. The van der Waals surface area contributed by atoms with E-state index in [4.69, 9.17) is 14.2 Å². The molecule has 4 rings (SSSR count). The van der Waals surface area contributed by atoms with E-state index in [9.17, 15) is 19.5 Å². The van der Waals surface area contributed by atoms with Gasteiger partial charge in [-0.1, -0.05) is 20.4 Å². The molecule has 8 unspecified atom stereocenters. The van der Waals surface area contributed by atoms with E-state index in [0.717, 1.165) is 37.7 Å². The van der Waals surface area contributed by atoms with Crippen LogP contribution in [0.15, 0.2) is 12.2 Å². The Morgan fingerprint density at radius 3 is 2.29 bits per heavy atom. The molecule has 0 bridgehead atoms. The molecule has 7 nitrogen and oxygen atoms in total. The first-order valence-electron chi connectivity index (χ1n) is 12.6. The Hall–Kier alpha value is -1.89. The SMILES string of the molecule is C=C1C(OC(C)=O)CC23CC2(CO)C(C2(C)CCC(OC(C)=O)CC2COC(C)=O)CCC13C. The van der Waals surface area contributed by atoms with Gasteiger partial charge >= 0.3 is 17.9 Å². The van der Waals surface area contributed by atoms with Crippen LogP contribution < -0.4 is 0 Å². The van der Waals surface area contributed by atoms with Crippen LogP contribution in [0, 0.1) is 33.5 Å². The minimum atomic E-state index is -0.316. The van der Waals surface area contributed by atoms with Crippen molar-refractivity contribution in [2.75, 3.05) is 13.2 Å². The number of aliphatic hydroxyl groups is 1. The van der Waals surface area contributed by atoms with Crippen LogP contribution in [0.25, 0.3) is 0 Å². The van der Waals surface area contributed by atoms with Crippen molar-refractivity contribution >= 4 is 17.9 Å². The third kappa shape index (κ3) is 3.52. The van der Waals surface area contributed by atoms with Crippen LogP contribution in [0.1, 0.15) is 79.6 Å². The van der Waals surface area contributed by atoms with E-state index in [0.29, 0.717) is 12.8 Å². The van der Waals surface area contributed by atoms with Gasteiger partial charge in [-0.2, -0.15) is 0 Å². The lowest BCUT2D eigenvalue weighted by Crippen LogP contribution is -2.52. The molecule has 190 valence electrons. The van der Waals surface area contributed by atoms with Crippen LogP contribution in [0.5, 0.6) is 0 Å². The van der Waals surface area contributed by atoms with Crippen molar-refractivity contribution in [1.29, 1.82) is 0 Å². The van der Waals surface area contributed by atoms with Crippen molar-refractivity contribution in [3.63, 3.8) is 0 Å². The molecule has 0 radical (unpaired) electrons. The number of hydrogen-bond donors (Lipinski definition) is 1. The molecule has 4 saturated carbocycles. The molecule has 0 saturated heterocycles. The highest BCUT2D eigenvalue weighted by Crippen LogP contribution is 2.87. The Kier molecular flexibility index (Phi) is 6.19. The van der Waals surface area contributed by atoms with Crippen molar-refractivity contribution in [1.82, 2.24) is 0 Å². The molecule has 1 N–H and O–H groups in total. The van der Waals surface area contributed by atoms with E-state index in [1.54, 1.807) is 0 Å². The molecule has 0 aliphatic heterocycles. The number of aliphatic hydroxyl groups excluding tert-OH is 1. The van der Waals surface area contributed by atoms with Crippen LogP contribution in [-0.4, -0.2) is 48.4 Å². The van der Waals surface area contributed by atoms with Crippen LogP contribution in [0.4, 0.5) is 0 Å². The van der Waals surface area contributed by atoms with Crippen LogP contribution >= 0.6 is 0 Å². The zero-order chi connectivity index (χ0) is 25.1. The maximum absolute atomic E-state index is 11.8. The fourth-order valence-corrected chi connectivity index (χ4v) is 8.66. The standard InChI is InChI=1S/C27H40O7/c1-16-22(34-19(4)31)12-27-14-26(27,15-28)23(8-10-25(16,27)6)24(5)9-7-21(33-18(3)30)11-20(24)13-32-17(2)29/h20-23,28H,1,7-15H2,2-6H3. The zero-order valence-electron chi connectivity index (χ0n) is 21.3. The Balaban J connectivity index is 1.66. The summed E-state index contributed by atoms with van der Waals surface area (Å²) in [7, 11) is 0. The minimum Gasteiger partial charge on any atom is -0.466 e. The summed E-state index contributed by atoms with van der Waals surface area (Å²) in [6, 6.07) is 0. The van der Waals surface area contributed by atoms with Crippen molar-refractivity contribution in [2.24, 2.45) is 33.5 Å². The molecule has 0 heterocycles. The molecule has 0 aromatic heterocycles. The van der Waals surface area contributed by atoms with Gasteiger partial charge in [0.1, 0.15) is 12.2 Å². The molecular formula is C27H40O7. The topological polar surface area (TPSA) is 99.1 Å². The summed E-state index contributed by atoms with van der Waals surface area (Å²) in [5.41, 5.74) is 0.201. The Morgan fingerprint density at radius 2 is 1.71 bits per heavy atom. The summed E-state index contributed by atoms with van der Waals surface area (Å²) in [5, 5.41) is 10.9. The van der Waals surface area contributed by atoms with Gasteiger partial charge in [0.05, 0.1) is 6.61 Å². The summed E-state index contributed by atoms with van der Waals surface area (Å²) < 4.78 is 16.7. The molecule has 0 amide bonds. The van der Waals surface area contributed by atoms with Gasteiger partial charge in [0.2, 0.25) is 0 Å². The maximum atomic E-state index is 11.8. The summed E-state index contributed by atoms with van der Waals surface area (Å²) in [6.07, 6.45) is 5.21. The van der Waals surface area contributed by atoms with Gasteiger partial charge in [-0.25, -0.2) is 0 Å². The molecule has 7 heteroatoms. The monoisotopic (exact) mass is 476 g/mol. The van der Waals surface area contributed by atoms with Crippen molar-refractivity contribution in [3.8, 4) is 0 Å². The van der Waals surface area contributed by atoms with Crippen LogP contribution in [0.2, 0.25) is 0 Å². The van der Waals surface area contributed by atoms with Crippen LogP contribution in [0.3, 0.4) is 0 Å². The number of rotatable bonds is 6. The number of hydrogen-bond acceptors (Lipinski definition) is 7. The molecule has 8 atom stereocenters. The average molecular weight is 477 g/mol. The van der Waals surface area contributed by atoms with E-state index in [2.05, 4.69) is 20.4 Å². The van der Waals surface area contributed by atoms with Crippen molar-refractivity contribution < 1.29 is 33.7 Å². The first-order chi connectivity index (χ1) is 15.8. The molecule has 4 aliphatic carbocycles. The summed E-state index contributed by atoms with van der Waals surface area (Å²) in [4.78, 5) is 35.1. The molecule has 34 heavy (non-hydrogen) atoms. The molecule has 0 aromatic carbocycles. The van der Waals surface area contributed by atoms with E-state index in [-0.39, 0.29) is 76.8 Å². The first-order valence-corrected chi connectivity index (χ1v) is 12.6.